The molecule has 7 heteroatoms. The van der Waals surface area contributed by atoms with E-state index in [2.05, 4.69) is 4.98 Å². The van der Waals surface area contributed by atoms with Crippen molar-refractivity contribution in [1.29, 1.82) is 0 Å². The van der Waals surface area contributed by atoms with Gasteiger partial charge in [0, 0.05) is 7.05 Å². The summed E-state index contributed by atoms with van der Waals surface area (Å²) in [7, 11) is 1.42. The van der Waals surface area contributed by atoms with Crippen molar-refractivity contribution in [3.63, 3.8) is 0 Å². The Hall–Kier alpha value is -2.18. The van der Waals surface area contributed by atoms with Crippen LogP contribution in [0.3, 0.4) is 0 Å². The molecule has 1 N–H and O–H groups in total. The summed E-state index contributed by atoms with van der Waals surface area (Å²) in [5.41, 5.74) is -1.43. The first kappa shape index (κ1) is 8.42. The predicted octanol–water partition coefficient (Wildman–Crippen LogP) is -1.74. The van der Waals surface area contributed by atoms with Crippen molar-refractivity contribution in [2.75, 3.05) is 0 Å². The highest BCUT2D eigenvalue weighted by atomic mass is 16.5. The average molecular weight is 194 g/mol. The van der Waals surface area contributed by atoms with Crippen LogP contribution < -0.4 is 16.0 Å². The number of aryl methyl sites for hydroxylation is 1. The lowest BCUT2D eigenvalue weighted by atomic mass is 10.5. The fraction of sp³-hybridized carbons (Fsp3) is 0.143. The summed E-state index contributed by atoms with van der Waals surface area (Å²) >= 11 is 0. The van der Waals surface area contributed by atoms with Crippen LogP contribution in [0.2, 0.25) is 0 Å². The van der Waals surface area contributed by atoms with Crippen LogP contribution in [0.4, 0.5) is 0 Å². The fourth-order valence-corrected chi connectivity index (χ4v) is 1.18. The van der Waals surface area contributed by atoms with Crippen LogP contribution in [-0.4, -0.2) is 14.5 Å². The molecule has 72 valence electrons. The zero-order valence-electron chi connectivity index (χ0n) is 7.22. The van der Waals surface area contributed by atoms with Gasteiger partial charge in [-0.2, -0.15) is 4.73 Å². The van der Waals surface area contributed by atoms with Gasteiger partial charge in [0.1, 0.15) is 0 Å². The maximum atomic E-state index is 11.2. The van der Waals surface area contributed by atoms with Crippen LogP contribution in [-0.2, 0) is 7.05 Å². The second-order valence-corrected chi connectivity index (χ2v) is 2.74. The minimum Gasteiger partial charge on any atom is -0.618 e. The molecule has 0 aliphatic carbocycles. The van der Waals surface area contributed by atoms with Crippen molar-refractivity contribution in [2.45, 2.75) is 0 Å². The Kier molecular flexibility index (Phi) is 1.60. The van der Waals surface area contributed by atoms with Gasteiger partial charge in [-0.25, -0.2) is 9.78 Å². The number of fused-ring (bicyclic) bond motifs is 1. The summed E-state index contributed by atoms with van der Waals surface area (Å²) < 4.78 is 1.48. The van der Waals surface area contributed by atoms with E-state index < -0.39 is 11.2 Å². The van der Waals surface area contributed by atoms with Gasteiger partial charge in [0.05, 0.1) is 6.20 Å². The molecule has 2 aromatic rings. The van der Waals surface area contributed by atoms with Crippen LogP contribution in [0.25, 0.3) is 11.2 Å². The molecule has 2 rings (SSSR count). The molecule has 14 heavy (non-hydrogen) atoms. The zero-order valence-corrected chi connectivity index (χ0v) is 7.22. The number of hydrogen-bond donors (Lipinski definition) is 1. The molecule has 0 saturated heterocycles. The number of nitrogens with one attached hydrogen (secondary N) is 1. The number of nitrogens with zero attached hydrogens (tertiary/aromatic N) is 3. The topological polar surface area (TPSA) is 94.7 Å². The SMILES string of the molecule is Cn1c(=O)[nH]c(=O)c2c1ncc[n+]2[O-]. The lowest BCUT2D eigenvalue weighted by Gasteiger charge is -2.01. The van der Waals surface area contributed by atoms with E-state index in [4.69, 9.17) is 0 Å². The maximum Gasteiger partial charge on any atom is 0.330 e. The molecule has 0 spiro atoms. The fourth-order valence-electron chi connectivity index (χ4n) is 1.18. The molecular formula is C7H6N4O3. The monoisotopic (exact) mass is 194 g/mol. The molecule has 0 atom stereocenters. The van der Waals surface area contributed by atoms with E-state index in [1.54, 1.807) is 0 Å². The lowest BCUT2D eigenvalue weighted by Crippen LogP contribution is -2.39. The van der Waals surface area contributed by atoms with E-state index in [0.29, 0.717) is 4.73 Å². The summed E-state index contributed by atoms with van der Waals surface area (Å²) in [5.74, 6) is 0. The van der Waals surface area contributed by atoms with E-state index in [1.165, 1.54) is 13.2 Å². The minimum absolute atomic E-state index is 0.0660. The smallest absolute Gasteiger partial charge is 0.330 e. The van der Waals surface area contributed by atoms with Crippen LogP contribution in [0.5, 0.6) is 0 Å². The molecule has 0 bridgehead atoms. The van der Waals surface area contributed by atoms with E-state index in [9.17, 15) is 14.8 Å². The van der Waals surface area contributed by atoms with Crippen LogP contribution >= 0.6 is 0 Å². The van der Waals surface area contributed by atoms with Gasteiger partial charge in [0.2, 0.25) is 5.65 Å². The Morgan fingerprint density at radius 2 is 2.29 bits per heavy atom. The molecular weight excluding hydrogens is 188 g/mol. The van der Waals surface area contributed by atoms with Crippen LogP contribution in [0, 0.1) is 5.21 Å². The second-order valence-electron chi connectivity index (χ2n) is 2.74. The van der Waals surface area contributed by atoms with Gasteiger partial charge in [0.25, 0.3) is 0 Å². The number of aromatic amines is 1. The molecule has 0 aliphatic heterocycles. The standard InChI is InChI=1S/C7H6N4O3/c1-10-5-4(6(12)9-7(10)13)11(14)3-2-8-5/h2-3H,1H3,(H,9,12,13). The third-order valence-electron chi connectivity index (χ3n) is 1.89. The third kappa shape index (κ3) is 0.987. The zero-order chi connectivity index (χ0) is 10.3. The molecule has 0 radical (unpaired) electrons. The maximum absolute atomic E-state index is 11.2. The number of H-pyrrole nitrogens is 1. The average Bonchev–Trinajstić information content (AvgIpc) is 2.14. The van der Waals surface area contributed by atoms with Crippen molar-refractivity contribution in [3.05, 3.63) is 38.4 Å². The highest BCUT2D eigenvalue weighted by Gasteiger charge is 2.13. The van der Waals surface area contributed by atoms with E-state index in [1.807, 2.05) is 4.98 Å². The van der Waals surface area contributed by atoms with Gasteiger partial charge >= 0.3 is 16.8 Å². The number of aromatic nitrogens is 4. The predicted molar refractivity (Wildman–Crippen MR) is 46.6 cm³/mol. The first-order chi connectivity index (χ1) is 6.61. The minimum atomic E-state index is -0.730. The highest BCUT2D eigenvalue weighted by molar-refractivity contribution is 5.64. The Morgan fingerprint density at radius 3 is 3.00 bits per heavy atom. The van der Waals surface area contributed by atoms with Crippen molar-refractivity contribution in [1.82, 2.24) is 14.5 Å². The van der Waals surface area contributed by atoms with Crippen molar-refractivity contribution >= 4 is 11.2 Å². The molecule has 0 fully saturated rings. The summed E-state index contributed by atoms with van der Waals surface area (Å²) in [6, 6.07) is 0. The molecule has 2 aromatic heterocycles. The van der Waals surface area contributed by atoms with Gasteiger partial charge in [-0.1, -0.05) is 0 Å². The third-order valence-corrected chi connectivity index (χ3v) is 1.89. The Labute approximate surface area is 76.8 Å². The van der Waals surface area contributed by atoms with Gasteiger partial charge in [-0.05, 0) is 0 Å². The Morgan fingerprint density at radius 1 is 1.57 bits per heavy atom. The Bertz CT molecular complexity index is 612. The van der Waals surface area contributed by atoms with Crippen molar-refractivity contribution < 1.29 is 4.73 Å². The van der Waals surface area contributed by atoms with Gasteiger partial charge in [0.15, 0.2) is 6.20 Å². The highest BCUT2D eigenvalue weighted by Crippen LogP contribution is 1.93. The molecule has 0 aromatic carbocycles. The number of hydrogen-bond acceptors (Lipinski definition) is 4. The molecule has 0 saturated carbocycles. The largest absolute Gasteiger partial charge is 0.618 e. The van der Waals surface area contributed by atoms with Gasteiger partial charge in [-0.15, -0.1) is 0 Å². The van der Waals surface area contributed by atoms with Crippen molar-refractivity contribution in [3.8, 4) is 0 Å². The normalized spacial score (nSPS) is 10.6. The van der Waals surface area contributed by atoms with E-state index >= 15 is 0 Å². The summed E-state index contributed by atoms with van der Waals surface area (Å²) in [4.78, 5) is 28.2. The molecule has 0 unspecified atom stereocenters. The van der Waals surface area contributed by atoms with Gasteiger partial charge in [-0.3, -0.25) is 14.3 Å². The number of rotatable bonds is 0. The van der Waals surface area contributed by atoms with Crippen molar-refractivity contribution in [2.24, 2.45) is 7.05 Å². The lowest BCUT2D eigenvalue weighted by molar-refractivity contribution is -0.578. The summed E-state index contributed by atoms with van der Waals surface area (Å²) in [6.07, 6.45) is 2.33. The van der Waals surface area contributed by atoms with Crippen LogP contribution in [0.15, 0.2) is 22.0 Å². The molecule has 0 amide bonds. The van der Waals surface area contributed by atoms with E-state index in [-0.39, 0.29) is 11.2 Å². The first-order valence-electron chi connectivity index (χ1n) is 3.78. The molecule has 0 aliphatic rings. The molecule has 7 nitrogen and oxygen atoms in total. The van der Waals surface area contributed by atoms with Gasteiger partial charge < -0.3 is 5.21 Å². The Balaban J connectivity index is 3.18. The first-order valence-corrected chi connectivity index (χ1v) is 3.78. The summed E-state index contributed by atoms with van der Waals surface area (Å²) in [5, 5.41) is 11.2. The second kappa shape index (κ2) is 2.66. The van der Waals surface area contributed by atoms with Crippen LogP contribution in [0.1, 0.15) is 0 Å². The quantitative estimate of drug-likeness (QED) is 0.397. The van der Waals surface area contributed by atoms with E-state index in [0.717, 1.165) is 10.8 Å². The summed E-state index contributed by atoms with van der Waals surface area (Å²) in [6.45, 7) is 0. The molecule has 2 heterocycles.